The molecule has 0 aliphatic carbocycles. The van der Waals surface area contributed by atoms with Gasteiger partial charge in [-0.2, -0.15) is 0 Å². The van der Waals surface area contributed by atoms with Crippen molar-refractivity contribution in [3.8, 4) is 11.5 Å². The molecule has 0 spiro atoms. The van der Waals surface area contributed by atoms with Crippen LogP contribution < -0.4 is 15.2 Å². The van der Waals surface area contributed by atoms with Crippen molar-refractivity contribution in [2.24, 2.45) is 5.73 Å². The molecule has 20 heavy (non-hydrogen) atoms. The molecule has 0 aromatic heterocycles. The van der Waals surface area contributed by atoms with Gasteiger partial charge in [0.1, 0.15) is 11.5 Å². The van der Waals surface area contributed by atoms with Gasteiger partial charge in [0.25, 0.3) is 5.91 Å². The van der Waals surface area contributed by atoms with E-state index in [2.05, 4.69) is 0 Å². The first-order valence-corrected chi connectivity index (χ1v) is 5.87. The summed E-state index contributed by atoms with van der Waals surface area (Å²) in [5.74, 6) is -0.154. The number of benzene rings is 1. The van der Waals surface area contributed by atoms with E-state index in [1.165, 1.54) is 33.3 Å². The number of esters is 1. The maximum atomic E-state index is 11.5. The second kappa shape index (κ2) is 7.18. The number of carbonyl (C=O) groups is 2. The normalized spacial score (nSPS) is 11.9. The molecule has 6 nitrogen and oxygen atoms in total. The Balaban J connectivity index is 2.79. The summed E-state index contributed by atoms with van der Waals surface area (Å²) in [5.41, 5.74) is 5.69. The molecule has 6 heteroatoms. The van der Waals surface area contributed by atoms with E-state index in [0.29, 0.717) is 17.1 Å². The van der Waals surface area contributed by atoms with Crippen LogP contribution in [-0.4, -0.2) is 32.2 Å². The summed E-state index contributed by atoms with van der Waals surface area (Å²) < 4.78 is 15.0. The lowest BCUT2D eigenvalue weighted by atomic mass is 10.2. The van der Waals surface area contributed by atoms with E-state index < -0.39 is 18.0 Å². The van der Waals surface area contributed by atoms with Gasteiger partial charge in [-0.15, -0.1) is 0 Å². The molecule has 0 aliphatic heterocycles. The fourth-order valence-electron chi connectivity index (χ4n) is 1.36. The molecule has 108 valence electrons. The fraction of sp³-hybridized carbons (Fsp3) is 0.286. The number of ether oxygens (including phenoxy) is 3. The number of hydrogen-bond acceptors (Lipinski definition) is 5. The summed E-state index contributed by atoms with van der Waals surface area (Å²) in [6.07, 6.45) is 1.77. The maximum Gasteiger partial charge on any atom is 0.331 e. The van der Waals surface area contributed by atoms with Crippen LogP contribution >= 0.6 is 0 Å². The Morgan fingerprint density at radius 1 is 1.15 bits per heavy atom. The molecule has 1 rings (SSSR count). The van der Waals surface area contributed by atoms with Crippen LogP contribution in [0.4, 0.5) is 0 Å². The Bertz CT molecular complexity index is 502. The van der Waals surface area contributed by atoms with Crippen molar-refractivity contribution >= 4 is 18.0 Å². The molecule has 1 aromatic carbocycles. The first-order chi connectivity index (χ1) is 9.46. The summed E-state index contributed by atoms with van der Waals surface area (Å²) in [7, 11) is 3.07. The van der Waals surface area contributed by atoms with Gasteiger partial charge in [0.05, 0.1) is 14.2 Å². The standard InChI is InChI=1S/C14H17NO5/c1-9(14(15)17)20-13(16)5-4-10-6-11(18-2)8-12(7-10)19-3/h4-9H,1-3H3,(H2,15,17)/b5-4+/t9-/m1/s1. The van der Waals surface area contributed by atoms with Gasteiger partial charge in [-0.05, 0) is 30.7 Å². The van der Waals surface area contributed by atoms with E-state index in [4.69, 9.17) is 19.9 Å². The van der Waals surface area contributed by atoms with Crippen molar-refractivity contribution in [2.75, 3.05) is 14.2 Å². The van der Waals surface area contributed by atoms with Gasteiger partial charge in [-0.1, -0.05) is 0 Å². The average Bonchev–Trinajstić information content (AvgIpc) is 2.44. The zero-order valence-corrected chi connectivity index (χ0v) is 11.6. The first-order valence-electron chi connectivity index (χ1n) is 5.87. The number of primary amides is 1. The number of carbonyl (C=O) groups excluding carboxylic acids is 2. The molecule has 1 aromatic rings. The minimum absolute atomic E-state index is 0.600. The van der Waals surface area contributed by atoms with Crippen LogP contribution in [0.15, 0.2) is 24.3 Å². The van der Waals surface area contributed by atoms with Gasteiger partial charge >= 0.3 is 5.97 Å². The molecule has 1 amide bonds. The molecule has 0 saturated carbocycles. The molecule has 0 aliphatic rings. The van der Waals surface area contributed by atoms with Crippen molar-refractivity contribution in [1.29, 1.82) is 0 Å². The first kappa shape index (κ1) is 15.6. The predicted octanol–water partition coefficient (Wildman–Crippen LogP) is 1.13. The van der Waals surface area contributed by atoms with Crippen molar-refractivity contribution in [3.05, 3.63) is 29.8 Å². The lowest BCUT2D eigenvalue weighted by molar-refractivity contribution is -0.148. The van der Waals surface area contributed by atoms with Gasteiger partial charge < -0.3 is 19.9 Å². The quantitative estimate of drug-likeness (QED) is 0.623. The van der Waals surface area contributed by atoms with Crippen LogP contribution in [0, 0.1) is 0 Å². The molecule has 0 heterocycles. The van der Waals surface area contributed by atoms with Crippen LogP contribution in [0.25, 0.3) is 6.08 Å². The minimum atomic E-state index is -0.966. The highest BCUT2D eigenvalue weighted by Gasteiger charge is 2.12. The second-order valence-corrected chi connectivity index (χ2v) is 3.96. The third-order valence-corrected chi connectivity index (χ3v) is 2.48. The lowest BCUT2D eigenvalue weighted by Crippen LogP contribution is -2.29. The van der Waals surface area contributed by atoms with Gasteiger partial charge in [0.2, 0.25) is 0 Å². The van der Waals surface area contributed by atoms with Gasteiger partial charge in [0.15, 0.2) is 6.10 Å². The van der Waals surface area contributed by atoms with Crippen LogP contribution in [0.3, 0.4) is 0 Å². The monoisotopic (exact) mass is 279 g/mol. The summed E-state index contributed by atoms with van der Waals surface area (Å²) in [6.45, 7) is 1.41. The molecule has 0 bridgehead atoms. The summed E-state index contributed by atoms with van der Waals surface area (Å²) in [6, 6.07) is 5.17. The van der Waals surface area contributed by atoms with Crippen molar-refractivity contribution in [1.82, 2.24) is 0 Å². The predicted molar refractivity (Wildman–Crippen MR) is 73.3 cm³/mol. The SMILES string of the molecule is COc1cc(/C=C/C(=O)O[C@H](C)C(N)=O)cc(OC)c1. The number of methoxy groups -OCH3 is 2. The van der Waals surface area contributed by atoms with Crippen molar-refractivity contribution in [2.45, 2.75) is 13.0 Å². The Hall–Kier alpha value is -2.50. The molecular weight excluding hydrogens is 262 g/mol. The van der Waals surface area contributed by atoms with E-state index in [0.717, 1.165) is 0 Å². The second-order valence-electron chi connectivity index (χ2n) is 3.96. The third kappa shape index (κ3) is 4.64. The molecule has 0 fully saturated rings. The molecular formula is C14H17NO5. The van der Waals surface area contributed by atoms with E-state index in [9.17, 15) is 9.59 Å². The number of hydrogen-bond donors (Lipinski definition) is 1. The smallest absolute Gasteiger partial charge is 0.331 e. The molecule has 0 radical (unpaired) electrons. The summed E-state index contributed by atoms with van der Waals surface area (Å²) in [5, 5.41) is 0. The Kier molecular flexibility index (Phi) is 5.58. The Labute approximate surface area is 117 Å². The van der Waals surface area contributed by atoms with E-state index in [1.807, 2.05) is 0 Å². The number of amides is 1. The Morgan fingerprint density at radius 2 is 1.70 bits per heavy atom. The van der Waals surface area contributed by atoms with Crippen molar-refractivity contribution in [3.63, 3.8) is 0 Å². The highest BCUT2D eigenvalue weighted by molar-refractivity contribution is 5.90. The number of rotatable bonds is 6. The highest BCUT2D eigenvalue weighted by Crippen LogP contribution is 2.23. The minimum Gasteiger partial charge on any atom is -0.497 e. The van der Waals surface area contributed by atoms with E-state index >= 15 is 0 Å². The largest absolute Gasteiger partial charge is 0.497 e. The van der Waals surface area contributed by atoms with E-state index in [-0.39, 0.29) is 0 Å². The Morgan fingerprint density at radius 3 is 2.15 bits per heavy atom. The highest BCUT2D eigenvalue weighted by atomic mass is 16.5. The van der Waals surface area contributed by atoms with Crippen LogP contribution in [0.2, 0.25) is 0 Å². The third-order valence-electron chi connectivity index (χ3n) is 2.48. The molecule has 1 atom stereocenters. The fourth-order valence-corrected chi connectivity index (χ4v) is 1.36. The van der Waals surface area contributed by atoms with Crippen LogP contribution in [-0.2, 0) is 14.3 Å². The lowest BCUT2D eigenvalue weighted by Gasteiger charge is -2.07. The van der Waals surface area contributed by atoms with Gasteiger partial charge in [-0.25, -0.2) is 4.79 Å². The molecule has 2 N–H and O–H groups in total. The summed E-state index contributed by atoms with van der Waals surface area (Å²) in [4.78, 5) is 22.2. The van der Waals surface area contributed by atoms with Crippen LogP contribution in [0.5, 0.6) is 11.5 Å². The topological polar surface area (TPSA) is 87.9 Å². The van der Waals surface area contributed by atoms with E-state index in [1.54, 1.807) is 18.2 Å². The maximum absolute atomic E-state index is 11.5. The van der Waals surface area contributed by atoms with Gasteiger partial charge in [-0.3, -0.25) is 4.79 Å². The number of nitrogens with two attached hydrogens (primary N) is 1. The zero-order chi connectivity index (χ0) is 15.1. The zero-order valence-electron chi connectivity index (χ0n) is 11.6. The van der Waals surface area contributed by atoms with Crippen molar-refractivity contribution < 1.29 is 23.8 Å². The average molecular weight is 279 g/mol. The van der Waals surface area contributed by atoms with Crippen LogP contribution in [0.1, 0.15) is 12.5 Å². The molecule has 0 unspecified atom stereocenters. The molecule has 0 saturated heterocycles. The summed E-state index contributed by atoms with van der Waals surface area (Å²) >= 11 is 0. The van der Waals surface area contributed by atoms with Gasteiger partial charge in [0, 0.05) is 12.1 Å².